The van der Waals surface area contributed by atoms with Gasteiger partial charge in [-0.2, -0.15) is 0 Å². The van der Waals surface area contributed by atoms with E-state index in [9.17, 15) is 19.8 Å². The molecule has 9 heteroatoms. The van der Waals surface area contributed by atoms with Gasteiger partial charge in [-0.15, -0.1) is 0 Å². The molecule has 1 aliphatic rings. The molecule has 0 amide bonds. The summed E-state index contributed by atoms with van der Waals surface area (Å²) in [6, 6.07) is 0. The van der Waals surface area contributed by atoms with Gasteiger partial charge in [0.1, 0.15) is 18.3 Å². The molecule has 110 valence electrons. The molecule has 0 aliphatic carbocycles. The van der Waals surface area contributed by atoms with E-state index in [1.807, 2.05) is 22.6 Å². The van der Waals surface area contributed by atoms with Gasteiger partial charge in [0.05, 0.1) is 12.2 Å². The second-order valence-corrected chi connectivity index (χ2v) is 4.99. The SMILES string of the molecule is O=c1[nH]c(=O)n([C@@H]2O[C@H](CO)[C@@H](O)[C@H]2O)cc1C=CI. The Kier molecular flexibility index (Phi) is 4.75. The average Bonchev–Trinajstić information content (AvgIpc) is 2.70. The normalized spacial score (nSPS) is 30.2. The number of H-pyrrole nitrogens is 1. The van der Waals surface area contributed by atoms with Gasteiger partial charge in [-0.1, -0.05) is 22.6 Å². The van der Waals surface area contributed by atoms with Crippen LogP contribution in [0.25, 0.3) is 6.08 Å². The minimum atomic E-state index is -1.38. The topological polar surface area (TPSA) is 125 Å². The van der Waals surface area contributed by atoms with E-state index >= 15 is 0 Å². The third-order valence-corrected chi connectivity index (χ3v) is 3.39. The van der Waals surface area contributed by atoms with Gasteiger partial charge in [0, 0.05) is 6.20 Å². The molecular formula is C11H13IN2O6. The quantitative estimate of drug-likeness (QED) is 0.464. The molecule has 0 spiro atoms. The summed E-state index contributed by atoms with van der Waals surface area (Å²) in [5.74, 6) is 0. The first-order valence-electron chi connectivity index (χ1n) is 5.74. The third-order valence-electron chi connectivity index (χ3n) is 3.03. The fourth-order valence-corrected chi connectivity index (χ4v) is 2.37. The molecule has 1 fully saturated rings. The Labute approximate surface area is 126 Å². The van der Waals surface area contributed by atoms with Crippen LogP contribution >= 0.6 is 22.6 Å². The average molecular weight is 396 g/mol. The van der Waals surface area contributed by atoms with Crippen LogP contribution in [-0.2, 0) is 4.74 Å². The minimum Gasteiger partial charge on any atom is -0.394 e. The molecule has 0 saturated carbocycles. The lowest BCUT2D eigenvalue weighted by Crippen LogP contribution is -2.38. The van der Waals surface area contributed by atoms with Crippen molar-refractivity contribution in [2.24, 2.45) is 0 Å². The maximum Gasteiger partial charge on any atom is 0.330 e. The summed E-state index contributed by atoms with van der Waals surface area (Å²) in [6.07, 6.45) is -2.14. The lowest BCUT2D eigenvalue weighted by molar-refractivity contribution is -0.0550. The highest BCUT2D eigenvalue weighted by Gasteiger charge is 2.43. The van der Waals surface area contributed by atoms with E-state index in [0.29, 0.717) is 0 Å². The molecule has 4 atom stereocenters. The largest absolute Gasteiger partial charge is 0.394 e. The van der Waals surface area contributed by atoms with E-state index in [4.69, 9.17) is 9.84 Å². The molecule has 1 aromatic rings. The van der Waals surface area contributed by atoms with Gasteiger partial charge < -0.3 is 20.1 Å². The third kappa shape index (κ3) is 2.72. The number of nitrogens with one attached hydrogen (secondary N) is 1. The van der Waals surface area contributed by atoms with E-state index in [1.54, 1.807) is 4.08 Å². The predicted octanol–water partition coefficient (Wildman–Crippen LogP) is -1.45. The fourth-order valence-electron chi connectivity index (χ4n) is 1.99. The van der Waals surface area contributed by atoms with Crippen molar-refractivity contribution in [2.75, 3.05) is 6.61 Å². The summed E-state index contributed by atoms with van der Waals surface area (Å²) < 4.78 is 7.81. The molecule has 20 heavy (non-hydrogen) atoms. The molecular weight excluding hydrogens is 383 g/mol. The Bertz CT molecular complexity index is 624. The van der Waals surface area contributed by atoms with Crippen molar-refractivity contribution in [2.45, 2.75) is 24.5 Å². The number of rotatable bonds is 3. The van der Waals surface area contributed by atoms with Gasteiger partial charge in [-0.25, -0.2) is 4.79 Å². The van der Waals surface area contributed by atoms with Crippen LogP contribution in [-0.4, -0.2) is 49.8 Å². The number of aliphatic hydroxyl groups excluding tert-OH is 3. The van der Waals surface area contributed by atoms with Crippen LogP contribution in [0.15, 0.2) is 19.9 Å². The molecule has 0 bridgehead atoms. The fraction of sp³-hybridized carbons (Fsp3) is 0.455. The first-order chi connectivity index (χ1) is 9.49. The van der Waals surface area contributed by atoms with E-state index < -0.39 is 42.4 Å². The van der Waals surface area contributed by atoms with Gasteiger partial charge in [0.25, 0.3) is 5.56 Å². The number of aromatic nitrogens is 2. The maximum atomic E-state index is 11.8. The van der Waals surface area contributed by atoms with E-state index in [1.165, 1.54) is 12.3 Å². The zero-order chi connectivity index (χ0) is 14.9. The zero-order valence-corrected chi connectivity index (χ0v) is 12.3. The second-order valence-electron chi connectivity index (χ2n) is 4.27. The van der Waals surface area contributed by atoms with Crippen molar-refractivity contribution in [3.63, 3.8) is 0 Å². The van der Waals surface area contributed by atoms with Crippen LogP contribution in [0.1, 0.15) is 11.8 Å². The molecule has 4 N–H and O–H groups in total. The number of aliphatic hydroxyl groups is 3. The molecule has 0 aromatic carbocycles. The summed E-state index contributed by atoms with van der Waals surface area (Å²) in [5, 5.41) is 28.6. The van der Waals surface area contributed by atoms with Crippen molar-refractivity contribution >= 4 is 28.7 Å². The van der Waals surface area contributed by atoms with Crippen LogP contribution < -0.4 is 11.2 Å². The van der Waals surface area contributed by atoms with Gasteiger partial charge in [-0.05, 0) is 10.2 Å². The standard InChI is InChI=1S/C11H13IN2O6/c12-2-1-5-3-14(11(19)13-9(5)18)10-8(17)7(16)6(4-15)20-10/h1-3,6-8,10,15-17H,4H2,(H,13,18,19)/t6-,7-,8-,10-/m1/s1. The number of ether oxygens (including phenoxy) is 1. The van der Waals surface area contributed by atoms with Crippen molar-refractivity contribution in [3.05, 3.63) is 36.7 Å². The Morgan fingerprint density at radius 2 is 2.10 bits per heavy atom. The Morgan fingerprint density at radius 1 is 1.40 bits per heavy atom. The molecule has 1 saturated heterocycles. The Morgan fingerprint density at radius 3 is 2.65 bits per heavy atom. The second kappa shape index (κ2) is 6.18. The summed E-state index contributed by atoms with van der Waals surface area (Å²) in [6.45, 7) is -0.493. The lowest BCUT2D eigenvalue weighted by Gasteiger charge is -2.17. The van der Waals surface area contributed by atoms with E-state index in [-0.39, 0.29) is 5.56 Å². The molecule has 0 radical (unpaired) electrons. The van der Waals surface area contributed by atoms with Gasteiger partial charge in [0.15, 0.2) is 6.23 Å². The highest BCUT2D eigenvalue weighted by molar-refractivity contribution is 14.1. The van der Waals surface area contributed by atoms with Gasteiger partial charge in [-0.3, -0.25) is 14.3 Å². The van der Waals surface area contributed by atoms with Crippen LogP contribution in [0.3, 0.4) is 0 Å². The highest BCUT2D eigenvalue weighted by Crippen LogP contribution is 2.27. The first-order valence-corrected chi connectivity index (χ1v) is 6.99. The zero-order valence-electron chi connectivity index (χ0n) is 10.1. The summed E-state index contributed by atoms with van der Waals surface area (Å²) in [5.41, 5.74) is -1.13. The molecule has 2 heterocycles. The number of hydrogen-bond acceptors (Lipinski definition) is 6. The predicted molar refractivity (Wildman–Crippen MR) is 77.4 cm³/mol. The summed E-state index contributed by atoms with van der Waals surface area (Å²) >= 11 is 1.92. The smallest absolute Gasteiger partial charge is 0.330 e. The monoisotopic (exact) mass is 396 g/mol. The van der Waals surface area contributed by atoms with Crippen LogP contribution in [0, 0.1) is 0 Å². The van der Waals surface area contributed by atoms with Gasteiger partial charge >= 0.3 is 5.69 Å². The highest BCUT2D eigenvalue weighted by atomic mass is 127. The number of nitrogens with zero attached hydrogens (tertiary/aromatic N) is 1. The first kappa shape index (κ1) is 15.4. The van der Waals surface area contributed by atoms with Crippen molar-refractivity contribution in [1.82, 2.24) is 9.55 Å². The molecule has 2 rings (SSSR count). The van der Waals surface area contributed by atoms with E-state index in [0.717, 1.165) is 4.57 Å². The van der Waals surface area contributed by atoms with Crippen molar-refractivity contribution in [3.8, 4) is 0 Å². The van der Waals surface area contributed by atoms with Crippen LogP contribution in [0.2, 0.25) is 0 Å². The summed E-state index contributed by atoms with van der Waals surface area (Å²) in [7, 11) is 0. The Balaban J connectivity index is 2.46. The molecule has 0 unspecified atom stereocenters. The van der Waals surface area contributed by atoms with Crippen molar-refractivity contribution < 1.29 is 20.1 Å². The van der Waals surface area contributed by atoms with Crippen molar-refractivity contribution in [1.29, 1.82) is 0 Å². The maximum absolute atomic E-state index is 11.8. The van der Waals surface area contributed by atoms with Crippen LogP contribution in [0.5, 0.6) is 0 Å². The minimum absolute atomic E-state index is 0.205. The summed E-state index contributed by atoms with van der Waals surface area (Å²) in [4.78, 5) is 25.4. The van der Waals surface area contributed by atoms with Crippen LogP contribution in [0.4, 0.5) is 0 Å². The lowest BCUT2D eigenvalue weighted by atomic mass is 10.1. The number of halogens is 1. The molecule has 1 aliphatic heterocycles. The van der Waals surface area contributed by atoms with Gasteiger partial charge in [0.2, 0.25) is 0 Å². The molecule has 8 nitrogen and oxygen atoms in total. The van der Waals surface area contributed by atoms with E-state index in [2.05, 4.69) is 4.98 Å². The number of aromatic amines is 1. The Hall–Kier alpha value is -1.01. The molecule has 1 aromatic heterocycles. The number of hydrogen-bond donors (Lipinski definition) is 4.